The molecule has 0 N–H and O–H groups in total. The second-order valence-corrected chi connectivity index (χ2v) is 43.0. The maximum absolute atomic E-state index is 6.76. The molecular formula is C16H48O8Si8. The van der Waals surface area contributed by atoms with E-state index in [1.54, 1.807) is 0 Å². The van der Waals surface area contributed by atoms with Crippen LogP contribution >= 0.6 is 0 Å². The van der Waals surface area contributed by atoms with Crippen LogP contribution in [0.2, 0.25) is 105 Å². The Morgan fingerprint density at radius 1 is 0.344 bits per heavy atom. The summed E-state index contributed by atoms with van der Waals surface area (Å²) in [7, 11) is -21.1. The summed E-state index contributed by atoms with van der Waals surface area (Å²) in [5.74, 6) is 0. The average molecular weight is 593 g/mol. The molecule has 0 aromatic carbocycles. The van der Waals surface area contributed by atoms with E-state index in [2.05, 4.69) is 78.6 Å². The van der Waals surface area contributed by atoms with E-state index in [0.717, 1.165) is 0 Å². The molecule has 1 saturated heterocycles. The fourth-order valence-corrected chi connectivity index (χ4v) is 38.9. The summed E-state index contributed by atoms with van der Waals surface area (Å²) in [6.07, 6.45) is 0. The van der Waals surface area contributed by atoms with Crippen LogP contribution in [0, 0.1) is 0 Å². The van der Waals surface area contributed by atoms with Crippen LogP contribution in [-0.2, 0) is 32.9 Å². The van der Waals surface area contributed by atoms with Gasteiger partial charge in [0.1, 0.15) is 0 Å². The average Bonchev–Trinajstić information content (AvgIpc) is 2.21. The van der Waals surface area contributed by atoms with Crippen molar-refractivity contribution in [1.29, 1.82) is 0 Å². The lowest BCUT2D eigenvalue weighted by molar-refractivity contribution is 0.0902. The monoisotopic (exact) mass is 592 g/mol. The van der Waals surface area contributed by atoms with Crippen molar-refractivity contribution in [1.82, 2.24) is 0 Å². The molecule has 1 aliphatic rings. The zero-order chi connectivity index (χ0) is 25.7. The summed E-state index contributed by atoms with van der Waals surface area (Å²) in [6.45, 7) is 33.2. The van der Waals surface area contributed by atoms with E-state index in [4.69, 9.17) is 32.9 Å². The summed E-state index contributed by atoms with van der Waals surface area (Å²) < 4.78 is 53.4. The van der Waals surface area contributed by atoms with Crippen molar-refractivity contribution >= 4 is 68.5 Å². The highest BCUT2D eigenvalue weighted by Gasteiger charge is 2.64. The number of rotatable bonds is 8. The Balaban J connectivity index is 3.62. The van der Waals surface area contributed by atoms with Crippen LogP contribution in [0.15, 0.2) is 0 Å². The van der Waals surface area contributed by atoms with Gasteiger partial charge in [-0.25, -0.2) is 0 Å². The van der Waals surface area contributed by atoms with Crippen molar-refractivity contribution < 1.29 is 32.9 Å². The highest BCUT2D eigenvalue weighted by molar-refractivity contribution is 6.96. The lowest BCUT2D eigenvalue weighted by Crippen LogP contribution is -2.74. The summed E-state index contributed by atoms with van der Waals surface area (Å²) >= 11 is 0. The first-order valence-corrected chi connectivity index (χ1v) is 33.8. The standard InChI is InChI=1S/C16H48O8Si8/c1-25(2,3)17-29(13)21-30(14,18-26(4,5)6)23-32(16,20-28(10,11)12)24-31(15,22-29)19-27(7,8)9/h1-16H3. The first-order chi connectivity index (χ1) is 13.7. The van der Waals surface area contributed by atoms with Crippen molar-refractivity contribution in [2.45, 2.75) is 105 Å². The summed E-state index contributed by atoms with van der Waals surface area (Å²) in [5.41, 5.74) is 0. The third-order valence-electron chi connectivity index (χ3n) is 3.45. The molecule has 0 spiro atoms. The minimum absolute atomic E-state index is 1.93. The molecule has 32 heavy (non-hydrogen) atoms. The van der Waals surface area contributed by atoms with Gasteiger partial charge in [-0.2, -0.15) is 0 Å². The molecular weight excluding hydrogens is 545 g/mol. The summed E-state index contributed by atoms with van der Waals surface area (Å²) in [4.78, 5) is 0. The Morgan fingerprint density at radius 2 is 0.469 bits per heavy atom. The zero-order valence-corrected chi connectivity index (χ0v) is 31.3. The summed E-state index contributed by atoms with van der Waals surface area (Å²) in [6, 6.07) is 0. The Bertz CT molecular complexity index is 532. The van der Waals surface area contributed by atoms with Gasteiger partial charge >= 0.3 is 35.2 Å². The van der Waals surface area contributed by atoms with Crippen LogP contribution in [0.25, 0.3) is 0 Å². The molecule has 8 nitrogen and oxygen atoms in total. The van der Waals surface area contributed by atoms with Crippen LogP contribution < -0.4 is 0 Å². The normalized spacial score (nSPS) is 36.0. The molecule has 0 bridgehead atoms. The maximum atomic E-state index is 6.76. The number of hydrogen-bond donors (Lipinski definition) is 0. The molecule has 0 amide bonds. The molecule has 0 saturated carbocycles. The first-order valence-electron chi connectivity index (χ1n) is 11.3. The van der Waals surface area contributed by atoms with Gasteiger partial charge in [-0.15, -0.1) is 0 Å². The molecule has 0 aromatic heterocycles. The quantitative estimate of drug-likeness (QED) is 0.330. The van der Waals surface area contributed by atoms with E-state index in [-0.39, 0.29) is 0 Å². The molecule has 0 unspecified atom stereocenters. The Kier molecular flexibility index (Phi) is 9.54. The zero-order valence-electron chi connectivity index (χ0n) is 23.3. The topological polar surface area (TPSA) is 73.8 Å². The van der Waals surface area contributed by atoms with Gasteiger partial charge < -0.3 is 32.9 Å². The van der Waals surface area contributed by atoms with Gasteiger partial charge in [0.25, 0.3) is 0 Å². The smallest absolute Gasteiger partial charge is 0.417 e. The van der Waals surface area contributed by atoms with Gasteiger partial charge in [-0.05, 0) is 78.6 Å². The molecule has 1 aliphatic heterocycles. The molecule has 0 atom stereocenters. The van der Waals surface area contributed by atoms with Gasteiger partial charge in [0.15, 0.2) is 33.3 Å². The minimum Gasteiger partial charge on any atom is -0.417 e. The summed E-state index contributed by atoms with van der Waals surface area (Å²) in [5, 5.41) is 0. The van der Waals surface area contributed by atoms with Crippen molar-refractivity contribution in [3.8, 4) is 0 Å². The van der Waals surface area contributed by atoms with Crippen molar-refractivity contribution in [2.24, 2.45) is 0 Å². The van der Waals surface area contributed by atoms with E-state index in [1.165, 1.54) is 0 Å². The van der Waals surface area contributed by atoms with E-state index < -0.39 is 68.5 Å². The van der Waals surface area contributed by atoms with Crippen molar-refractivity contribution in [3.05, 3.63) is 0 Å². The molecule has 0 radical (unpaired) electrons. The highest BCUT2D eigenvalue weighted by Crippen LogP contribution is 2.37. The largest absolute Gasteiger partial charge is 0.472 e. The lowest BCUT2D eigenvalue weighted by atomic mass is 11.8. The van der Waals surface area contributed by atoms with Crippen LogP contribution in [0.3, 0.4) is 0 Å². The predicted octanol–water partition coefficient (Wildman–Crippen LogP) is 5.75. The van der Waals surface area contributed by atoms with Gasteiger partial charge in [0.2, 0.25) is 0 Å². The lowest BCUT2D eigenvalue weighted by Gasteiger charge is -2.51. The fourth-order valence-electron chi connectivity index (χ4n) is 3.82. The Labute approximate surface area is 205 Å². The van der Waals surface area contributed by atoms with Crippen LogP contribution in [-0.4, -0.2) is 68.5 Å². The van der Waals surface area contributed by atoms with E-state index in [1.807, 2.05) is 26.2 Å². The first kappa shape index (κ1) is 31.4. The van der Waals surface area contributed by atoms with Crippen LogP contribution in [0.1, 0.15) is 0 Å². The molecule has 1 heterocycles. The maximum Gasteiger partial charge on any atom is 0.472 e. The van der Waals surface area contributed by atoms with Gasteiger partial charge in [-0.3, -0.25) is 0 Å². The van der Waals surface area contributed by atoms with E-state index in [0.29, 0.717) is 0 Å². The third-order valence-corrected chi connectivity index (χ3v) is 31.0. The Morgan fingerprint density at radius 3 is 0.562 bits per heavy atom. The predicted molar refractivity (Wildman–Crippen MR) is 149 cm³/mol. The van der Waals surface area contributed by atoms with Gasteiger partial charge in [0, 0.05) is 26.2 Å². The molecule has 0 aromatic rings. The van der Waals surface area contributed by atoms with Crippen LogP contribution in [0.5, 0.6) is 0 Å². The molecule has 1 rings (SSSR count). The fraction of sp³-hybridized carbons (Fsp3) is 1.00. The third kappa shape index (κ3) is 11.9. The molecule has 192 valence electrons. The van der Waals surface area contributed by atoms with Gasteiger partial charge in [0.05, 0.1) is 0 Å². The molecule has 1 fully saturated rings. The molecule has 16 heteroatoms. The SMILES string of the molecule is C[Si](C)(C)O[Si]1(C)O[Si](C)(O[Si](C)(C)C)O[Si](C)(O[Si](C)(C)C)O[Si](C)(O[Si](C)(C)C)O1. The molecule has 0 aliphatic carbocycles. The van der Waals surface area contributed by atoms with Gasteiger partial charge in [-0.1, -0.05) is 0 Å². The Hall–Kier alpha value is 1.42. The van der Waals surface area contributed by atoms with E-state index >= 15 is 0 Å². The second kappa shape index (κ2) is 9.70. The van der Waals surface area contributed by atoms with Crippen molar-refractivity contribution in [3.63, 3.8) is 0 Å². The second-order valence-electron chi connectivity index (χ2n) is 12.7. The number of hydrogen-bond acceptors (Lipinski definition) is 8. The van der Waals surface area contributed by atoms with Crippen LogP contribution in [0.4, 0.5) is 0 Å². The van der Waals surface area contributed by atoms with Crippen molar-refractivity contribution in [2.75, 3.05) is 0 Å². The van der Waals surface area contributed by atoms with E-state index in [9.17, 15) is 0 Å². The highest BCUT2D eigenvalue weighted by atomic mass is 28.6. The minimum atomic E-state index is -3.24.